The van der Waals surface area contributed by atoms with Gasteiger partial charge in [0.05, 0.1) is 12.8 Å². The number of carbonyl (C=O) groups is 1. The number of rotatable bonds is 11. The van der Waals surface area contributed by atoms with Gasteiger partial charge in [-0.3, -0.25) is 9.69 Å². The molecule has 0 unspecified atom stereocenters. The van der Waals surface area contributed by atoms with Crippen LogP contribution in [-0.4, -0.2) is 36.7 Å². The first-order chi connectivity index (χ1) is 15.7. The van der Waals surface area contributed by atoms with Crippen molar-refractivity contribution in [2.24, 2.45) is 5.10 Å². The maximum Gasteiger partial charge on any atom is 0.254 e. The molecule has 1 N–H and O–H groups in total. The SMILES string of the molecule is CCN(CC)c1ccc(/C=N\NC(=O)CN(Cc2ccccc2)Cc2ccccc2)cc1. The lowest BCUT2D eigenvalue weighted by Gasteiger charge is -2.21. The van der Waals surface area contributed by atoms with Gasteiger partial charge < -0.3 is 4.90 Å². The summed E-state index contributed by atoms with van der Waals surface area (Å²) in [7, 11) is 0. The first-order valence-electron chi connectivity index (χ1n) is 11.1. The molecular weight excluding hydrogens is 396 g/mol. The minimum atomic E-state index is -0.132. The van der Waals surface area contributed by atoms with Crippen molar-refractivity contribution in [3.63, 3.8) is 0 Å². The van der Waals surface area contributed by atoms with Gasteiger partial charge in [-0.1, -0.05) is 72.8 Å². The summed E-state index contributed by atoms with van der Waals surface area (Å²) in [6.07, 6.45) is 1.68. The zero-order valence-corrected chi connectivity index (χ0v) is 18.9. The van der Waals surface area contributed by atoms with E-state index >= 15 is 0 Å². The highest BCUT2D eigenvalue weighted by atomic mass is 16.2. The molecule has 0 saturated carbocycles. The molecule has 0 aliphatic heterocycles. The summed E-state index contributed by atoms with van der Waals surface area (Å²) in [6.45, 7) is 7.90. The Morgan fingerprint density at radius 1 is 0.812 bits per heavy atom. The minimum absolute atomic E-state index is 0.132. The number of anilines is 1. The van der Waals surface area contributed by atoms with Crippen LogP contribution in [0.2, 0.25) is 0 Å². The lowest BCUT2D eigenvalue weighted by molar-refractivity contribution is -0.122. The molecular formula is C27H32N4O. The highest BCUT2D eigenvalue weighted by Gasteiger charge is 2.12. The van der Waals surface area contributed by atoms with Gasteiger partial charge in [0.2, 0.25) is 0 Å². The van der Waals surface area contributed by atoms with E-state index in [1.165, 1.54) is 16.8 Å². The Bertz CT molecular complexity index is 926. The summed E-state index contributed by atoms with van der Waals surface area (Å²) in [5.41, 5.74) is 7.16. The Balaban J connectivity index is 1.58. The van der Waals surface area contributed by atoms with Crippen LogP contribution in [-0.2, 0) is 17.9 Å². The van der Waals surface area contributed by atoms with Crippen LogP contribution in [0.15, 0.2) is 90.0 Å². The number of hydrogen-bond donors (Lipinski definition) is 1. The number of nitrogens with one attached hydrogen (secondary N) is 1. The number of hydrazone groups is 1. The second-order valence-corrected chi connectivity index (χ2v) is 7.67. The smallest absolute Gasteiger partial charge is 0.254 e. The third kappa shape index (κ3) is 7.36. The highest BCUT2D eigenvalue weighted by molar-refractivity contribution is 5.83. The van der Waals surface area contributed by atoms with E-state index in [1.807, 2.05) is 48.5 Å². The molecule has 0 atom stereocenters. The van der Waals surface area contributed by atoms with Gasteiger partial charge in [0.25, 0.3) is 5.91 Å². The molecule has 3 aromatic rings. The zero-order chi connectivity index (χ0) is 22.6. The van der Waals surface area contributed by atoms with Crippen LogP contribution in [0, 0.1) is 0 Å². The van der Waals surface area contributed by atoms with E-state index in [-0.39, 0.29) is 12.5 Å². The molecule has 166 valence electrons. The molecule has 0 radical (unpaired) electrons. The van der Waals surface area contributed by atoms with Gasteiger partial charge in [0.1, 0.15) is 0 Å². The molecule has 0 heterocycles. The fraction of sp³-hybridized carbons (Fsp3) is 0.259. The van der Waals surface area contributed by atoms with E-state index in [1.54, 1.807) is 6.21 Å². The molecule has 5 heteroatoms. The van der Waals surface area contributed by atoms with Crippen LogP contribution in [0.3, 0.4) is 0 Å². The molecule has 0 aliphatic carbocycles. The first-order valence-corrected chi connectivity index (χ1v) is 11.1. The molecule has 0 saturated heterocycles. The molecule has 0 aromatic heterocycles. The largest absolute Gasteiger partial charge is 0.372 e. The van der Waals surface area contributed by atoms with Crippen molar-refractivity contribution in [3.05, 3.63) is 102 Å². The van der Waals surface area contributed by atoms with Gasteiger partial charge in [-0.2, -0.15) is 5.10 Å². The van der Waals surface area contributed by atoms with Crippen LogP contribution >= 0.6 is 0 Å². The van der Waals surface area contributed by atoms with Gasteiger partial charge in [-0.05, 0) is 42.7 Å². The van der Waals surface area contributed by atoms with Gasteiger partial charge in [-0.25, -0.2) is 5.43 Å². The molecule has 3 rings (SSSR count). The third-order valence-corrected chi connectivity index (χ3v) is 5.29. The van der Waals surface area contributed by atoms with Crippen molar-refractivity contribution in [1.82, 2.24) is 10.3 Å². The van der Waals surface area contributed by atoms with Crippen molar-refractivity contribution < 1.29 is 4.79 Å². The van der Waals surface area contributed by atoms with Crippen molar-refractivity contribution in [2.45, 2.75) is 26.9 Å². The standard InChI is InChI=1S/C27H32N4O/c1-3-31(4-2)26-17-15-23(16-18-26)19-28-29-27(32)22-30(20-24-11-7-5-8-12-24)21-25-13-9-6-10-14-25/h5-19H,3-4,20-22H2,1-2H3,(H,29,32)/b28-19-. The summed E-state index contributed by atoms with van der Waals surface area (Å²) in [5.74, 6) is -0.132. The second kappa shape index (κ2) is 12.4. The lowest BCUT2D eigenvalue weighted by Crippen LogP contribution is -2.34. The number of carbonyl (C=O) groups excluding carboxylic acids is 1. The van der Waals surface area contributed by atoms with Crippen molar-refractivity contribution in [1.29, 1.82) is 0 Å². The first kappa shape index (κ1) is 23.2. The fourth-order valence-electron chi connectivity index (χ4n) is 3.63. The number of nitrogens with zero attached hydrogens (tertiary/aromatic N) is 3. The molecule has 32 heavy (non-hydrogen) atoms. The monoisotopic (exact) mass is 428 g/mol. The molecule has 5 nitrogen and oxygen atoms in total. The molecule has 0 bridgehead atoms. The summed E-state index contributed by atoms with van der Waals surface area (Å²) >= 11 is 0. The van der Waals surface area contributed by atoms with Crippen molar-refractivity contribution in [3.8, 4) is 0 Å². The van der Waals surface area contributed by atoms with E-state index in [9.17, 15) is 4.79 Å². The van der Waals surface area contributed by atoms with Gasteiger partial charge in [-0.15, -0.1) is 0 Å². The Morgan fingerprint density at radius 3 is 1.84 bits per heavy atom. The fourth-order valence-corrected chi connectivity index (χ4v) is 3.63. The summed E-state index contributed by atoms with van der Waals surface area (Å²) in [6, 6.07) is 28.6. The van der Waals surface area contributed by atoms with E-state index in [4.69, 9.17) is 0 Å². The predicted octanol–water partition coefficient (Wildman–Crippen LogP) is 4.69. The van der Waals surface area contributed by atoms with Crippen LogP contribution in [0.4, 0.5) is 5.69 Å². The average molecular weight is 429 g/mol. The molecule has 0 fully saturated rings. The molecule has 1 amide bonds. The maximum absolute atomic E-state index is 12.6. The average Bonchev–Trinajstić information content (AvgIpc) is 2.82. The van der Waals surface area contributed by atoms with Crippen LogP contribution < -0.4 is 10.3 Å². The minimum Gasteiger partial charge on any atom is -0.372 e. The van der Waals surface area contributed by atoms with Gasteiger partial charge in [0, 0.05) is 31.9 Å². The lowest BCUT2D eigenvalue weighted by atomic mass is 10.1. The maximum atomic E-state index is 12.6. The van der Waals surface area contributed by atoms with E-state index in [2.05, 4.69) is 70.6 Å². The third-order valence-electron chi connectivity index (χ3n) is 5.29. The Hall–Kier alpha value is -3.44. The normalized spacial score (nSPS) is 11.1. The van der Waals surface area contributed by atoms with E-state index in [0.29, 0.717) is 13.1 Å². The van der Waals surface area contributed by atoms with Crippen molar-refractivity contribution in [2.75, 3.05) is 24.5 Å². The zero-order valence-electron chi connectivity index (χ0n) is 18.9. The molecule has 0 spiro atoms. The van der Waals surface area contributed by atoms with Crippen LogP contribution in [0.25, 0.3) is 0 Å². The van der Waals surface area contributed by atoms with Crippen LogP contribution in [0.5, 0.6) is 0 Å². The van der Waals surface area contributed by atoms with Gasteiger partial charge >= 0.3 is 0 Å². The number of benzene rings is 3. The highest BCUT2D eigenvalue weighted by Crippen LogP contribution is 2.14. The summed E-state index contributed by atoms with van der Waals surface area (Å²) in [5, 5.41) is 4.16. The summed E-state index contributed by atoms with van der Waals surface area (Å²) in [4.78, 5) is 17.0. The Labute approximate surface area is 191 Å². The predicted molar refractivity (Wildman–Crippen MR) is 133 cm³/mol. The number of hydrogen-bond acceptors (Lipinski definition) is 4. The van der Waals surface area contributed by atoms with Crippen LogP contribution in [0.1, 0.15) is 30.5 Å². The summed E-state index contributed by atoms with van der Waals surface area (Å²) < 4.78 is 0. The Kier molecular flexibility index (Phi) is 9.02. The van der Waals surface area contributed by atoms with Gasteiger partial charge in [0.15, 0.2) is 0 Å². The topological polar surface area (TPSA) is 47.9 Å². The number of amides is 1. The van der Waals surface area contributed by atoms with Crippen molar-refractivity contribution >= 4 is 17.8 Å². The molecule has 0 aliphatic rings. The molecule has 3 aromatic carbocycles. The Morgan fingerprint density at radius 2 is 1.34 bits per heavy atom. The van der Waals surface area contributed by atoms with E-state index in [0.717, 1.165) is 18.7 Å². The van der Waals surface area contributed by atoms with E-state index < -0.39 is 0 Å². The quantitative estimate of drug-likeness (QED) is 0.356. The second-order valence-electron chi connectivity index (χ2n) is 7.67.